The second-order valence-electron chi connectivity index (χ2n) is 4.95. The average Bonchev–Trinajstić information content (AvgIpc) is 2.94. The van der Waals surface area contributed by atoms with Gasteiger partial charge in [0, 0.05) is 36.1 Å². The maximum Gasteiger partial charge on any atom is 0.277 e. The average molecular weight is 273 g/mol. The van der Waals surface area contributed by atoms with Gasteiger partial charge in [-0.05, 0) is 25.0 Å². The topological polar surface area (TPSA) is 79.5 Å². The summed E-state index contributed by atoms with van der Waals surface area (Å²) in [7, 11) is 0. The molecule has 104 valence electrons. The molecule has 1 aromatic carbocycles. The monoisotopic (exact) mass is 273 g/mol. The molecule has 1 saturated heterocycles. The fourth-order valence-corrected chi connectivity index (χ4v) is 2.91. The largest absolute Gasteiger partial charge is 0.394 e. The lowest BCUT2D eigenvalue weighted by atomic mass is 10.1. The van der Waals surface area contributed by atoms with E-state index in [-0.39, 0.29) is 23.3 Å². The second kappa shape index (κ2) is 5.05. The number of aromatic nitrogens is 1. The molecule has 1 unspecified atom stereocenters. The Hall–Kier alpha value is -2.21. The summed E-state index contributed by atoms with van der Waals surface area (Å²) in [6.45, 7) is 0.950. The Morgan fingerprint density at radius 2 is 2.25 bits per heavy atom. The minimum atomic E-state index is -0.375. The third-order valence-electron chi connectivity index (χ3n) is 3.87. The van der Waals surface area contributed by atoms with Crippen LogP contribution in [0.1, 0.15) is 12.8 Å². The zero-order valence-corrected chi connectivity index (χ0v) is 10.9. The van der Waals surface area contributed by atoms with Gasteiger partial charge in [0.15, 0.2) is 0 Å². The lowest BCUT2D eigenvalue weighted by molar-refractivity contribution is -0.383. The van der Waals surface area contributed by atoms with Crippen molar-refractivity contribution in [1.29, 1.82) is 0 Å². The highest BCUT2D eigenvalue weighted by atomic mass is 16.6. The number of hydrogen-bond acceptors (Lipinski definition) is 5. The van der Waals surface area contributed by atoms with Gasteiger partial charge >= 0.3 is 0 Å². The zero-order valence-electron chi connectivity index (χ0n) is 10.9. The predicted octanol–water partition coefficient (Wildman–Crippen LogP) is 2.10. The van der Waals surface area contributed by atoms with Crippen LogP contribution in [-0.2, 0) is 0 Å². The van der Waals surface area contributed by atoms with E-state index in [2.05, 4.69) is 9.88 Å². The molecule has 20 heavy (non-hydrogen) atoms. The summed E-state index contributed by atoms with van der Waals surface area (Å²) in [5.41, 5.74) is 1.00. The molecule has 0 saturated carbocycles. The number of non-ortho nitro benzene ring substituents is 1. The SMILES string of the molecule is O=[N+]([O-])c1ccc(N2CCCC2CO)c2cnccc12. The van der Waals surface area contributed by atoms with Crippen molar-refractivity contribution < 1.29 is 10.0 Å². The Balaban J connectivity index is 2.18. The molecule has 3 rings (SSSR count). The van der Waals surface area contributed by atoms with Gasteiger partial charge in [0.05, 0.1) is 23.0 Å². The molecule has 1 atom stereocenters. The summed E-state index contributed by atoms with van der Waals surface area (Å²) in [5, 5.41) is 21.9. The molecule has 6 heteroatoms. The van der Waals surface area contributed by atoms with Gasteiger partial charge in [0.25, 0.3) is 5.69 Å². The van der Waals surface area contributed by atoms with Crippen LogP contribution in [0.3, 0.4) is 0 Å². The van der Waals surface area contributed by atoms with Gasteiger partial charge in [0.1, 0.15) is 0 Å². The van der Waals surface area contributed by atoms with Crippen LogP contribution in [0.4, 0.5) is 11.4 Å². The maximum atomic E-state index is 11.1. The minimum absolute atomic E-state index is 0.0832. The Morgan fingerprint density at radius 3 is 3.00 bits per heavy atom. The second-order valence-corrected chi connectivity index (χ2v) is 4.95. The van der Waals surface area contributed by atoms with E-state index >= 15 is 0 Å². The fourth-order valence-electron chi connectivity index (χ4n) is 2.91. The van der Waals surface area contributed by atoms with E-state index in [4.69, 9.17) is 0 Å². The Bertz CT molecular complexity index is 659. The zero-order chi connectivity index (χ0) is 14.1. The molecule has 1 N–H and O–H groups in total. The van der Waals surface area contributed by atoms with Crippen molar-refractivity contribution in [2.45, 2.75) is 18.9 Å². The molecule has 1 aliphatic heterocycles. The number of pyridine rings is 1. The summed E-state index contributed by atoms with van der Waals surface area (Å²) in [6.07, 6.45) is 5.18. The van der Waals surface area contributed by atoms with Gasteiger partial charge in [-0.15, -0.1) is 0 Å². The molecule has 2 aromatic rings. The Morgan fingerprint density at radius 1 is 1.40 bits per heavy atom. The van der Waals surface area contributed by atoms with E-state index < -0.39 is 0 Å². The number of nitro groups is 1. The van der Waals surface area contributed by atoms with Crippen LogP contribution in [0, 0.1) is 10.1 Å². The number of aliphatic hydroxyl groups is 1. The van der Waals surface area contributed by atoms with Crippen molar-refractivity contribution in [1.82, 2.24) is 4.98 Å². The van der Waals surface area contributed by atoms with Crippen LogP contribution in [0.15, 0.2) is 30.6 Å². The molecule has 0 aliphatic carbocycles. The summed E-state index contributed by atoms with van der Waals surface area (Å²) >= 11 is 0. The van der Waals surface area contributed by atoms with Crippen LogP contribution in [0.2, 0.25) is 0 Å². The number of hydrogen-bond donors (Lipinski definition) is 1. The molecule has 1 fully saturated rings. The van der Waals surface area contributed by atoms with Crippen LogP contribution in [0.25, 0.3) is 10.8 Å². The molecule has 1 aliphatic rings. The van der Waals surface area contributed by atoms with Gasteiger partial charge < -0.3 is 10.0 Å². The molecule has 2 heterocycles. The van der Waals surface area contributed by atoms with Crippen molar-refractivity contribution >= 4 is 22.1 Å². The lowest BCUT2D eigenvalue weighted by Crippen LogP contribution is -2.32. The highest BCUT2D eigenvalue weighted by Crippen LogP contribution is 2.36. The van der Waals surface area contributed by atoms with E-state index in [0.717, 1.165) is 30.5 Å². The number of anilines is 1. The first-order valence-corrected chi connectivity index (χ1v) is 6.61. The Labute approximate surface area is 115 Å². The van der Waals surface area contributed by atoms with Gasteiger partial charge in [0.2, 0.25) is 0 Å². The van der Waals surface area contributed by atoms with E-state index in [0.29, 0.717) is 5.39 Å². The minimum Gasteiger partial charge on any atom is -0.394 e. The van der Waals surface area contributed by atoms with Crippen molar-refractivity contribution in [3.8, 4) is 0 Å². The lowest BCUT2D eigenvalue weighted by Gasteiger charge is -2.26. The van der Waals surface area contributed by atoms with Crippen molar-refractivity contribution in [2.24, 2.45) is 0 Å². The number of aliphatic hydroxyl groups excluding tert-OH is 1. The molecular formula is C14H15N3O3. The van der Waals surface area contributed by atoms with Gasteiger partial charge in [-0.2, -0.15) is 0 Å². The van der Waals surface area contributed by atoms with E-state index in [1.807, 2.05) is 0 Å². The van der Waals surface area contributed by atoms with Crippen LogP contribution < -0.4 is 4.90 Å². The standard InChI is InChI=1S/C14H15N3O3/c18-9-10-2-1-7-16(10)13-3-4-14(17(19)20)11-5-6-15-8-12(11)13/h3-6,8,10,18H,1-2,7,9H2. The van der Waals surface area contributed by atoms with E-state index in [1.54, 1.807) is 24.5 Å². The normalized spacial score (nSPS) is 18.6. The predicted molar refractivity (Wildman–Crippen MR) is 75.9 cm³/mol. The quantitative estimate of drug-likeness (QED) is 0.684. The first kappa shape index (κ1) is 12.8. The van der Waals surface area contributed by atoms with Crippen molar-refractivity contribution in [2.75, 3.05) is 18.1 Å². The number of benzene rings is 1. The number of fused-ring (bicyclic) bond motifs is 1. The first-order valence-electron chi connectivity index (χ1n) is 6.61. The first-order chi connectivity index (χ1) is 9.72. The van der Waals surface area contributed by atoms with Gasteiger partial charge in [-0.1, -0.05) is 0 Å². The molecule has 0 bridgehead atoms. The van der Waals surface area contributed by atoms with Gasteiger partial charge in [-0.3, -0.25) is 15.1 Å². The summed E-state index contributed by atoms with van der Waals surface area (Å²) in [4.78, 5) is 16.9. The molecule has 1 aromatic heterocycles. The van der Waals surface area contributed by atoms with E-state index in [9.17, 15) is 15.2 Å². The van der Waals surface area contributed by atoms with Crippen LogP contribution in [-0.4, -0.2) is 34.2 Å². The van der Waals surface area contributed by atoms with Crippen LogP contribution >= 0.6 is 0 Å². The van der Waals surface area contributed by atoms with E-state index in [1.165, 1.54) is 6.07 Å². The molecule has 0 spiro atoms. The number of nitrogens with zero attached hydrogens (tertiary/aromatic N) is 3. The summed E-state index contributed by atoms with van der Waals surface area (Å²) in [6, 6.07) is 5.04. The Kier molecular flexibility index (Phi) is 3.23. The molecule has 0 radical (unpaired) electrons. The van der Waals surface area contributed by atoms with Crippen LogP contribution in [0.5, 0.6) is 0 Å². The highest BCUT2D eigenvalue weighted by molar-refractivity contribution is 5.99. The van der Waals surface area contributed by atoms with Crippen molar-refractivity contribution in [3.05, 3.63) is 40.7 Å². The summed E-state index contributed by atoms with van der Waals surface area (Å²) < 4.78 is 0. The molecule has 0 amide bonds. The van der Waals surface area contributed by atoms with Gasteiger partial charge in [-0.25, -0.2) is 0 Å². The third-order valence-corrected chi connectivity index (χ3v) is 3.87. The fraction of sp³-hybridized carbons (Fsp3) is 0.357. The maximum absolute atomic E-state index is 11.1. The molecular weight excluding hydrogens is 258 g/mol. The number of rotatable bonds is 3. The third kappa shape index (κ3) is 1.98. The highest BCUT2D eigenvalue weighted by Gasteiger charge is 2.26. The smallest absolute Gasteiger partial charge is 0.277 e. The molecule has 6 nitrogen and oxygen atoms in total. The van der Waals surface area contributed by atoms with Crippen molar-refractivity contribution in [3.63, 3.8) is 0 Å². The number of nitro benzene ring substituents is 1. The summed E-state index contributed by atoms with van der Waals surface area (Å²) in [5.74, 6) is 0.